The van der Waals surface area contributed by atoms with Crippen LogP contribution in [0.4, 0.5) is 29.3 Å². The van der Waals surface area contributed by atoms with Crippen molar-refractivity contribution in [3.63, 3.8) is 0 Å². The van der Waals surface area contributed by atoms with Crippen LogP contribution in [0.3, 0.4) is 0 Å². The van der Waals surface area contributed by atoms with E-state index in [1.807, 2.05) is 0 Å². The Labute approximate surface area is 153 Å². The average molecular weight is 387 g/mol. The second-order valence-electron chi connectivity index (χ2n) is 6.18. The summed E-state index contributed by atoms with van der Waals surface area (Å²) in [5, 5.41) is 5.36. The molecule has 2 N–H and O–H groups in total. The van der Waals surface area contributed by atoms with E-state index in [0.29, 0.717) is 24.2 Å². The van der Waals surface area contributed by atoms with E-state index in [1.54, 1.807) is 24.3 Å². The molecule has 27 heavy (non-hydrogen) atoms. The number of carbonyl (C=O) groups excluding carboxylic acids is 3. The third kappa shape index (κ3) is 6.80. The molecule has 2 rings (SSSR count). The number of hydrogen-bond donors (Lipinski definition) is 2. The summed E-state index contributed by atoms with van der Waals surface area (Å²) in [6, 6.07) is 6.59. The lowest BCUT2D eigenvalue weighted by molar-refractivity contribution is -0.162. The zero-order valence-corrected chi connectivity index (χ0v) is 14.6. The number of nitrogens with one attached hydrogen (secondary N) is 2. The van der Waals surface area contributed by atoms with Gasteiger partial charge in [-0.05, 0) is 37.1 Å². The van der Waals surface area contributed by atoms with Gasteiger partial charge in [-0.25, -0.2) is 4.79 Å². The summed E-state index contributed by atoms with van der Waals surface area (Å²) in [5.74, 6) is -0.787. The van der Waals surface area contributed by atoms with Gasteiger partial charge in [0.25, 0.3) is 0 Å². The fraction of sp³-hybridized carbons (Fsp3) is 0.471. The molecule has 7 nitrogen and oxygen atoms in total. The average Bonchev–Trinajstić information content (AvgIpc) is 2.60. The predicted molar refractivity (Wildman–Crippen MR) is 91.1 cm³/mol. The fourth-order valence-electron chi connectivity index (χ4n) is 2.64. The first-order chi connectivity index (χ1) is 12.6. The molecule has 1 heterocycles. The van der Waals surface area contributed by atoms with Gasteiger partial charge in [0.05, 0.1) is 0 Å². The number of halogens is 3. The van der Waals surface area contributed by atoms with Crippen molar-refractivity contribution in [2.75, 3.05) is 30.3 Å². The molecule has 0 bridgehead atoms. The predicted octanol–water partition coefficient (Wildman–Crippen LogP) is 2.99. The lowest BCUT2D eigenvalue weighted by atomic mass is 9.96. The van der Waals surface area contributed by atoms with E-state index in [9.17, 15) is 27.6 Å². The number of carbonyl (C=O) groups is 3. The minimum absolute atomic E-state index is 0.149. The highest BCUT2D eigenvalue weighted by molar-refractivity contribution is 5.93. The SMILES string of the molecule is CC(=O)Nc1ccc(NC(=O)C2CCN(C(=O)OCC(F)(F)F)CC2)cc1. The lowest BCUT2D eigenvalue weighted by Gasteiger charge is -2.30. The van der Waals surface area contributed by atoms with Crippen molar-refractivity contribution in [2.45, 2.75) is 25.9 Å². The van der Waals surface area contributed by atoms with E-state index in [2.05, 4.69) is 15.4 Å². The second kappa shape index (κ2) is 8.74. The van der Waals surface area contributed by atoms with E-state index in [-0.39, 0.29) is 30.8 Å². The molecule has 1 aromatic carbocycles. The largest absolute Gasteiger partial charge is 0.440 e. The zero-order chi connectivity index (χ0) is 20.0. The molecule has 1 fully saturated rings. The summed E-state index contributed by atoms with van der Waals surface area (Å²) in [6.45, 7) is 0.0637. The van der Waals surface area contributed by atoms with Gasteiger partial charge in [0.2, 0.25) is 11.8 Å². The molecule has 1 aromatic rings. The number of ether oxygens (including phenoxy) is 1. The van der Waals surface area contributed by atoms with E-state index >= 15 is 0 Å². The molecule has 0 atom stereocenters. The third-order valence-corrected chi connectivity index (χ3v) is 3.96. The summed E-state index contributed by atoms with van der Waals surface area (Å²) in [5.41, 5.74) is 1.16. The topological polar surface area (TPSA) is 87.7 Å². The molecule has 1 saturated heterocycles. The minimum Gasteiger partial charge on any atom is -0.440 e. The van der Waals surface area contributed by atoms with E-state index in [1.165, 1.54) is 6.92 Å². The van der Waals surface area contributed by atoms with Crippen LogP contribution in [-0.4, -0.2) is 48.7 Å². The van der Waals surface area contributed by atoms with Crippen molar-refractivity contribution < 1.29 is 32.3 Å². The molecule has 0 aromatic heterocycles. The normalized spacial score (nSPS) is 15.2. The maximum absolute atomic E-state index is 12.3. The van der Waals surface area contributed by atoms with E-state index < -0.39 is 18.9 Å². The molecule has 1 aliphatic rings. The van der Waals surface area contributed by atoms with Crippen LogP contribution in [0, 0.1) is 5.92 Å². The standard InChI is InChI=1S/C17H20F3N3O4/c1-11(24)21-13-2-4-14(5-3-13)22-15(25)12-6-8-23(9-7-12)16(26)27-10-17(18,19)20/h2-5,12H,6-10H2,1H3,(H,21,24)(H,22,25). The van der Waals surface area contributed by atoms with Crippen LogP contribution in [-0.2, 0) is 14.3 Å². The molecule has 0 radical (unpaired) electrons. The summed E-state index contributed by atoms with van der Waals surface area (Å²) in [6.07, 6.45) is -4.93. The summed E-state index contributed by atoms with van der Waals surface area (Å²) >= 11 is 0. The molecular weight excluding hydrogens is 367 g/mol. The number of rotatable bonds is 4. The Morgan fingerprint density at radius 2 is 1.59 bits per heavy atom. The van der Waals surface area contributed by atoms with Gasteiger partial charge in [0, 0.05) is 37.3 Å². The monoisotopic (exact) mass is 387 g/mol. The Morgan fingerprint density at radius 1 is 1.07 bits per heavy atom. The van der Waals surface area contributed by atoms with Crippen LogP contribution in [0.25, 0.3) is 0 Å². The number of hydrogen-bond acceptors (Lipinski definition) is 4. The van der Waals surface area contributed by atoms with Crippen molar-refractivity contribution in [3.8, 4) is 0 Å². The second-order valence-corrected chi connectivity index (χ2v) is 6.18. The highest BCUT2D eigenvalue weighted by atomic mass is 19.4. The lowest BCUT2D eigenvalue weighted by Crippen LogP contribution is -2.42. The Hall–Kier alpha value is -2.78. The van der Waals surface area contributed by atoms with Crippen molar-refractivity contribution in [1.29, 1.82) is 0 Å². The Bertz CT molecular complexity index is 684. The number of amides is 3. The van der Waals surface area contributed by atoms with Gasteiger partial charge >= 0.3 is 12.3 Å². The van der Waals surface area contributed by atoms with Gasteiger partial charge in [-0.2, -0.15) is 13.2 Å². The summed E-state index contributed by atoms with van der Waals surface area (Å²) < 4.78 is 40.4. The van der Waals surface area contributed by atoms with Crippen molar-refractivity contribution in [2.24, 2.45) is 5.92 Å². The number of piperidine rings is 1. The minimum atomic E-state index is -4.57. The maximum atomic E-state index is 12.3. The Kier molecular flexibility index (Phi) is 6.65. The molecular formula is C17H20F3N3O4. The maximum Gasteiger partial charge on any atom is 0.422 e. The highest BCUT2D eigenvalue weighted by Crippen LogP contribution is 2.22. The molecule has 3 amide bonds. The van der Waals surface area contributed by atoms with Gasteiger partial charge < -0.3 is 20.3 Å². The number of anilines is 2. The number of alkyl halides is 3. The highest BCUT2D eigenvalue weighted by Gasteiger charge is 2.32. The Balaban J connectivity index is 1.79. The first kappa shape index (κ1) is 20.5. The number of nitrogens with zero attached hydrogens (tertiary/aromatic N) is 1. The van der Waals surface area contributed by atoms with Crippen LogP contribution >= 0.6 is 0 Å². The first-order valence-corrected chi connectivity index (χ1v) is 8.31. The number of likely N-dealkylation sites (tertiary alicyclic amines) is 1. The van der Waals surface area contributed by atoms with Crippen LogP contribution in [0.1, 0.15) is 19.8 Å². The van der Waals surface area contributed by atoms with E-state index in [4.69, 9.17) is 0 Å². The van der Waals surface area contributed by atoms with Crippen LogP contribution < -0.4 is 10.6 Å². The summed E-state index contributed by atoms with van der Waals surface area (Å²) in [4.78, 5) is 36.0. The molecule has 148 valence electrons. The van der Waals surface area contributed by atoms with Gasteiger partial charge in [-0.1, -0.05) is 0 Å². The van der Waals surface area contributed by atoms with Gasteiger partial charge in [0.15, 0.2) is 6.61 Å². The smallest absolute Gasteiger partial charge is 0.422 e. The van der Waals surface area contributed by atoms with Gasteiger partial charge in [-0.3, -0.25) is 9.59 Å². The van der Waals surface area contributed by atoms with Crippen LogP contribution in [0.5, 0.6) is 0 Å². The zero-order valence-electron chi connectivity index (χ0n) is 14.6. The quantitative estimate of drug-likeness (QED) is 0.832. The molecule has 10 heteroatoms. The third-order valence-electron chi connectivity index (χ3n) is 3.96. The molecule has 0 saturated carbocycles. The fourth-order valence-corrected chi connectivity index (χ4v) is 2.64. The number of benzene rings is 1. The molecule has 1 aliphatic heterocycles. The van der Waals surface area contributed by atoms with Crippen molar-refractivity contribution in [3.05, 3.63) is 24.3 Å². The van der Waals surface area contributed by atoms with Crippen molar-refractivity contribution in [1.82, 2.24) is 4.90 Å². The van der Waals surface area contributed by atoms with Gasteiger partial charge in [0.1, 0.15) is 0 Å². The summed E-state index contributed by atoms with van der Waals surface area (Å²) in [7, 11) is 0. The Morgan fingerprint density at radius 3 is 2.07 bits per heavy atom. The van der Waals surface area contributed by atoms with Crippen LogP contribution in [0.2, 0.25) is 0 Å². The molecule has 0 unspecified atom stereocenters. The van der Waals surface area contributed by atoms with Gasteiger partial charge in [-0.15, -0.1) is 0 Å². The molecule has 0 aliphatic carbocycles. The molecule has 0 spiro atoms. The van der Waals surface area contributed by atoms with Crippen LogP contribution in [0.15, 0.2) is 24.3 Å². The first-order valence-electron chi connectivity index (χ1n) is 8.31. The van der Waals surface area contributed by atoms with Crippen molar-refractivity contribution >= 4 is 29.3 Å². The van der Waals surface area contributed by atoms with E-state index in [0.717, 1.165) is 4.90 Å².